The van der Waals surface area contributed by atoms with Crippen LogP contribution in [-0.2, 0) is 26.2 Å². The Morgan fingerprint density at radius 3 is 2.23 bits per heavy atom. The van der Waals surface area contributed by atoms with Gasteiger partial charge in [0.25, 0.3) is 10.0 Å². The Morgan fingerprint density at radius 1 is 0.953 bits per heavy atom. The first-order valence-corrected chi connectivity index (χ1v) is 17.5. The maximum atomic E-state index is 14.3. The first-order valence-electron chi connectivity index (χ1n) is 14.8. The van der Waals surface area contributed by atoms with Gasteiger partial charge in [0.1, 0.15) is 18.3 Å². The van der Waals surface area contributed by atoms with E-state index in [2.05, 4.69) is 5.32 Å². The van der Waals surface area contributed by atoms with Gasteiger partial charge in [-0.25, -0.2) is 8.42 Å². The molecule has 2 amide bonds. The molecule has 0 radical (unpaired) electrons. The van der Waals surface area contributed by atoms with E-state index in [1.807, 2.05) is 50.4 Å². The number of ether oxygens (including phenoxy) is 1. The molecule has 1 N–H and O–H groups in total. The number of sulfonamides is 1. The number of benzene rings is 3. The highest BCUT2D eigenvalue weighted by Gasteiger charge is 2.35. The number of anilines is 1. The number of thioether (sulfide) groups is 1. The number of nitrogens with zero attached hydrogens (tertiary/aromatic N) is 2. The van der Waals surface area contributed by atoms with E-state index in [1.54, 1.807) is 48.5 Å². The quantitative estimate of drug-likeness (QED) is 0.226. The lowest BCUT2D eigenvalue weighted by molar-refractivity contribution is -0.140. The third-order valence-corrected chi connectivity index (χ3v) is 10.2. The predicted octanol–water partition coefficient (Wildman–Crippen LogP) is 5.87. The first kappa shape index (κ1) is 32.4. The summed E-state index contributed by atoms with van der Waals surface area (Å²) in [7, 11) is -4.20. The molecule has 230 valence electrons. The molecule has 1 aliphatic carbocycles. The molecular formula is C33H41N3O5S2. The monoisotopic (exact) mass is 623 g/mol. The number of amides is 2. The maximum absolute atomic E-state index is 14.3. The summed E-state index contributed by atoms with van der Waals surface area (Å²) in [5.41, 5.74) is 1.11. The zero-order valence-corrected chi connectivity index (χ0v) is 26.7. The summed E-state index contributed by atoms with van der Waals surface area (Å²) >= 11 is 1.51. The lowest BCUT2D eigenvalue weighted by atomic mass is 10.1. The van der Waals surface area contributed by atoms with Gasteiger partial charge in [-0.05, 0) is 74.4 Å². The average Bonchev–Trinajstić information content (AvgIpc) is 3.53. The van der Waals surface area contributed by atoms with E-state index in [0.717, 1.165) is 40.4 Å². The number of hydrogen-bond acceptors (Lipinski definition) is 6. The maximum Gasteiger partial charge on any atom is 0.264 e. The Kier molecular flexibility index (Phi) is 11.5. The van der Waals surface area contributed by atoms with Crippen LogP contribution < -0.4 is 14.4 Å². The van der Waals surface area contributed by atoms with Gasteiger partial charge in [0.05, 0.1) is 17.2 Å². The zero-order valence-electron chi connectivity index (χ0n) is 25.1. The molecule has 0 heterocycles. The van der Waals surface area contributed by atoms with Gasteiger partial charge in [-0.2, -0.15) is 0 Å². The summed E-state index contributed by atoms with van der Waals surface area (Å²) in [6.45, 7) is 3.67. The van der Waals surface area contributed by atoms with Gasteiger partial charge in [0.2, 0.25) is 11.8 Å². The van der Waals surface area contributed by atoms with Crippen LogP contribution >= 0.6 is 11.8 Å². The summed E-state index contributed by atoms with van der Waals surface area (Å²) in [4.78, 5) is 30.4. The summed E-state index contributed by atoms with van der Waals surface area (Å²) in [6.07, 6.45) is 6.28. The fourth-order valence-electron chi connectivity index (χ4n) is 5.40. The minimum atomic E-state index is -4.20. The van der Waals surface area contributed by atoms with Gasteiger partial charge in [-0.15, -0.1) is 11.8 Å². The summed E-state index contributed by atoms with van der Waals surface area (Å²) in [5, 5.41) is 3.14. The molecule has 0 saturated heterocycles. The van der Waals surface area contributed by atoms with E-state index in [9.17, 15) is 18.0 Å². The van der Waals surface area contributed by atoms with Crippen LogP contribution in [0.2, 0.25) is 0 Å². The van der Waals surface area contributed by atoms with Crippen molar-refractivity contribution < 1.29 is 22.7 Å². The highest BCUT2D eigenvalue weighted by Crippen LogP contribution is 2.33. The van der Waals surface area contributed by atoms with Gasteiger partial charge in [-0.1, -0.05) is 62.2 Å². The minimum absolute atomic E-state index is 0.0602. The topological polar surface area (TPSA) is 96.0 Å². The van der Waals surface area contributed by atoms with Gasteiger partial charge >= 0.3 is 0 Å². The molecule has 1 fully saturated rings. The van der Waals surface area contributed by atoms with E-state index in [1.165, 1.54) is 16.7 Å². The minimum Gasteiger partial charge on any atom is -0.492 e. The van der Waals surface area contributed by atoms with E-state index >= 15 is 0 Å². The van der Waals surface area contributed by atoms with Crippen LogP contribution in [0.5, 0.6) is 5.75 Å². The van der Waals surface area contributed by atoms with Crippen LogP contribution in [0.3, 0.4) is 0 Å². The van der Waals surface area contributed by atoms with Crippen LogP contribution in [0.4, 0.5) is 5.69 Å². The second-order valence-electron chi connectivity index (χ2n) is 10.5. The van der Waals surface area contributed by atoms with Gasteiger partial charge < -0.3 is 15.0 Å². The molecule has 43 heavy (non-hydrogen) atoms. The Morgan fingerprint density at radius 2 is 1.60 bits per heavy atom. The average molecular weight is 624 g/mol. The number of hydrogen-bond donors (Lipinski definition) is 1. The third kappa shape index (κ3) is 8.12. The fourth-order valence-corrected chi connectivity index (χ4v) is 7.23. The lowest BCUT2D eigenvalue weighted by Gasteiger charge is -2.34. The molecule has 0 spiro atoms. The Labute approximate surface area is 259 Å². The van der Waals surface area contributed by atoms with Crippen LogP contribution in [-0.4, -0.2) is 56.6 Å². The smallest absolute Gasteiger partial charge is 0.264 e. The highest BCUT2D eigenvalue weighted by molar-refractivity contribution is 7.98. The Bertz CT molecular complexity index is 1460. The first-order chi connectivity index (χ1) is 20.8. The summed E-state index contributed by atoms with van der Waals surface area (Å²) in [6, 6.07) is 22.2. The standard InChI is InChI=1S/C33H41N3O5S2/c1-4-29(33(38)34-26-15-9-10-16-26)35(23-25-13-7-6-8-14-25)32(37)24-36(30-17-11-12-18-31(30)41-5-2)43(39,40)28-21-19-27(42-3)20-22-28/h6-8,11-14,17-22,26,29H,4-5,9-10,15-16,23-24H2,1-3H3,(H,34,38)/t29-/m0/s1. The van der Waals surface area contributed by atoms with Gasteiger partial charge in [0.15, 0.2) is 0 Å². The second kappa shape index (κ2) is 15.3. The van der Waals surface area contributed by atoms with Crippen LogP contribution in [0.1, 0.15) is 51.5 Å². The molecule has 0 bridgehead atoms. The van der Waals surface area contributed by atoms with Crippen molar-refractivity contribution >= 4 is 39.3 Å². The van der Waals surface area contributed by atoms with E-state index < -0.39 is 28.5 Å². The molecule has 3 aromatic rings. The molecule has 1 saturated carbocycles. The highest BCUT2D eigenvalue weighted by atomic mass is 32.2. The second-order valence-corrected chi connectivity index (χ2v) is 13.3. The number of carbonyl (C=O) groups excluding carboxylic acids is 2. The molecule has 0 aromatic heterocycles. The Hall–Kier alpha value is -3.50. The lowest BCUT2D eigenvalue weighted by Crippen LogP contribution is -2.53. The van der Waals surface area contributed by atoms with Crippen molar-refractivity contribution in [3.63, 3.8) is 0 Å². The zero-order chi connectivity index (χ0) is 30.8. The molecule has 10 heteroatoms. The van der Waals surface area contributed by atoms with E-state index in [-0.39, 0.29) is 29.1 Å². The summed E-state index contributed by atoms with van der Waals surface area (Å²) in [5.74, 6) is -0.342. The van der Waals surface area contributed by atoms with Crippen LogP contribution in [0.25, 0.3) is 0 Å². The van der Waals surface area contributed by atoms with Crippen molar-refractivity contribution in [2.45, 2.75) is 74.4 Å². The van der Waals surface area contributed by atoms with Gasteiger partial charge in [0, 0.05) is 17.5 Å². The SMILES string of the molecule is CCOc1ccccc1N(CC(=O)N(Cc1ccccc1)[C@@H](CC)C(=O)NC1CCCC1)S(=O)(=O)c1ccc(SC)cc1. The van der Waals surface area contributed by atoms with E-state index in [4.69, 9.17) is 4.74 Å². The Balaban J connectivity index is 1.74. The third-order valence-electron chi connectivity index (χ3n) is 7.64. The van der Waals surface area contributed by atoms with Crippen LogP contribution in [0, 0.1) is 0 Å². The largest absolute Gasteiger partial charge is 0.492 e. The van der Waals surface area contributed by atoms with Gasteiger partial charge in [-0.3, -0.25) is 13.9 Å². The van der Waals surface area contributed by atoms with Crippen molar-refractivity contribution in [1.82, 2.24) is 10.2 Å². The number of rotatable bonds is 14. The molecule has 0 unspecified atom stereocenters. The predicted molar refractivity (Wildman–Crippen MR) is 172 cm³/mol. The van der Waals surface area contributed by atoms with Crippen LogP contribution in [0.15, 0.2) is 88.7 Å². The normalized spacial score (nSPS) is 14.2. The van der Waals surface area contributed by atoms with Crippen molar-refractivity contribution in [2.24, 2.45) is 0 Å². The molecular weight excluding hydrogens is 583 g/mol. The van der Waals surface area contributed by atoms with E-state index in [0.29, 0.717) is 18.8 Å². The van der Waals surface area contributed by atoms with Crippen molar-refractivity contribution in [3.8, 4) is 5.75 Å². The van der Waals surface area contributed by atoms with Crippen molar-refractivity contribution in [2.75, 3.05) is 23.7 Å². The molecule has 4 rings (SSSR count). The summed E-state index contributed by atoms with van der Waals surface area (Å²) < 4.78 is 35.4. The molecule has 8 nitrogen and oxygen atoms in total. The molecule has 0 aliphatic heterocycles. The van der Waals surface area contributed by atoms with Crippen molar-refractivity contribution in [1.29, 1.82) is 0 Å². The molecule has 3 aromatic carbocycles. The number of carbonyl (C=O) groups is 2. The number of nitrogens with one attached hydrogen (secondary N) is 1. The number of para-hydroxylation sites is 2. The molecule has 1 atom stereocenters. The molecule has 1 aliphatic rings. The fraction of sp³-hybridized carbons (Fsp3) is 0.394. The van der Waals surface area contributed by atoms with Crippen molar-refractivity contribution in [3.05, 3.63) is 84.4 Å².